The van der Waals surface area contributed by atoms with Crippen LogP contribution in [0.4, 0.5) is 11.5 Å². The van der Waals surface area contributed by atoms with Crippen LogP contribution >= 0.6 is 22.6 Å². The fourth-order valence-corrected chi connectivity index (χ4v) is 1.82. The van der Waals surface area contributed by atoms with Crippen LogP contribution in [-0.2, 0) is 0 Å². The van der Waals surface area contributed by atoms with Crippen LogP contribution in [0.1, 0.15) is 10.4 Å². The molecule has 0 fully saturated rings. The highest BCUT2D eigenvalue weighted by Crippen LogP contribution is 2.20. The number of carboxylic acid groups (broad SMARTS) is 1. The maximum atomic E-state index is 10.7. The van der Waals surface area contributed by atoms with E-state index in [-0.39, 0.29) is 5.56 Å². The molecule has 2 aromatic rings. The van der Waals surface area contributed by atoms with Gasteiger partial charge in [-0.05, 0) is 46.9 Å². The van der Waals surface area contributed by atoms with Gasteiger partial charge < -0.3 is 10.4 Å². The maximum Gasteiger partial charge on any atom is 0.337 e. The van der Waals surface area contributed by atoms with Crippen molar-refractivity contribution in [2.75, 3.05) is 5.32 Å². The standard InChI is InChI=1S/C12H9IN2O2/c13-9-3-1-2-4-10(9)15-11-6-5-8(7-14-11)12(16)17/h1-7H,(H,14,15)(H,16,17). The molecule has 0 unspecified atom stereocenters. The Morgan fingerprint density at radius 2 is 2.00 bits per heavy atom. The van der Waals surface area contributed by atoms with Crippen molar-refractivity contribution in [2.24, 2.45) is 0 Å². The third kappa shape index (κ3) is 2.94. The van der Waals surface area contributed by atoms with Crippen LogP contribution in [0.15, 0.2) is 42.6 Å². The lowest BCUT2D eigenvalue weighted by Gasteiger charge is -2.07. The first kappa shape index (κ1) is 11.8. The van der Waals surface area contributed by atoms with E-state index in [0.29, 0.717) is 5.82 Å². The normalized spacial score (nSPS) is 9.94. The minimum Gasteiger partial charge on any atom is -0.478 e. The highest BCUT2D eigenvalue weighted by atomic mass is 127. The predicted octanol–water partition coefficient (Wildman–Crippen LogP) is 3.13. The Labute approximate surface area is 112 Å². The Kier molecular flexibility index (Phi) is 3.58. The lowest BCUT2D eigenvalue weighted by Crippen LogP contribution is -1.99. The quantitative estimate of drug-likeness (QED) is 0.843. The average Bonchev–Trinajstić information content (AvgIpc) is 2.33. The van der Waals surface area contributed by atoms with Crippen molar-refractivity contribution >= 4 is 40.1 Å². The Morgan fingerprint density at radius 1 is 1.24 bits per heavy atom. The van der Waals surface area contributed by atoms with Gasteiger partial charge in [-0.3, -0.25) is 0 Å². The van der Waals surface area contributed by atoms with Crippen LogP contribution in [0.5, 0.6) is 0 Å². The molecule has 0 saturated heterocycles. The van der Waals surface area contributed by atoms with E-state index < -0.39 is 5.97 Å². The third-order valence-corrected chi connectivity index (χ3v) is 3.09. The number of nitrogens with one attached hydrogen (secondary N) is 1. The van der Waals surface area contributed by atoms with Gasteiger partial charge in [-0.25, -0.2) is 9.78 Å². The van der Waals surface area contributed by atoms with Crippen LogP contribution < -0.4 is 5.32 Å². The number of hydrogen-bond acceptors (Lipinski definition) is 3. The SMILES string of the molecule is O=C(O)c1ccc(Nc2ccccc2I)nc1. The van der Waals surface area contributed by atoms with Crippen LogP contribution in [-0.4, -0.2) is 16.1 Å². The first-order valence-electron chi connectivity index (χ1n) is 4.88. The summed E-state index contributed by atoms with van der Waals surface area (Å²) in [6, 6.07) is 11.0. The second-order valence-corrected chi connectivity index (χ2v) is 4.50. The maximum absolute atomic E-state index is 10.7. The number of carbonyl (C=O) groups is 1. The van der Waals surface area contributed by atoms with Gasteiger partial charge in [0.05, 0.1) is 11.3 Å². The van der Waals surface area contributed by atoms with E-state index in [1.165, 1.54) is 12.3 Å². The molecule has 0 atom stereocenters. The van der Waals surface area contributed by atoms with Gasteiger partial charge in [-0.15, -0.1) is 0 Å². The van der Waals surface area contributed by atoms with Crippen molar-refractivity contribution < 1.29 is 9.90 Å². The van der Waals surface area contributed by atoms with Gasteiger partial charge in [-0.2, -0.15) is 0 Å². The molecule has 1 aromatic heterocycles. The summed E-state index contributed by atoms with van der Waals surface area (Å²) in [5, 5.41) is 11.9. The van der Waals surface area contributed by atoms with Crippen molar-refractivity contribution in [3.63, 3.8) is 0 Å². The summed E-state index contributed by atoms with van der Waals surface area (Å²) in [7, 11) is 0. The number of aromatic carboxylic acids is 1. The molecule has 2 N–H and O–H groups in total. The largest absolute Gasteiger partial charge is 0.478 e. The first-order valence-corrected chi connectivity index (χ1v) is 5.95. The predicted molar refractivity (Wildman–Crippen MR) is 73.6 cm³/mol. The summed E-state index contributed by atoms with van der Waals surface area (Å²) in [4.78, 5) is 14.7. The number of benzene rings is 1. The topological polar surface area (TPSA) is 62.2 Å². The Bertz CT molecular complexity index is 540. The molecule has 0 aliphatic heterocycles. The molecule has 0 bridgehead atoms. The van der Waals surface area contributed by atoms with Gasteiger partial charge in [0.25, 0.3) is 0 Å². The fourth-order valence-electron chi connectivity index (χ4n) is 1.29. The van der Waals surface area contributed by atoms with Gasteiger partial charge in [0.15, 0.2) is 0 Å². The number of carboxylic acids is 1. The van der Waals surface area contributed by atoms with Gasteiger partial charge in [0, 0.05) is 9.77 Å². The molecule has 2 rings (SSSR count). The highest BCUT2D eigenvalue weighted by Gasteiger charge is 2.04. The monoisotopic (exact) mass is 340 g/mol. The van der Waals surface area contributed by atoms with E-state index in [9.17, 15) is 4.79 Å². The molecule has 0 saturated carbocycles. The number of aromatic nitrogens is 1. The van der Waals surface area contributed by atoms with E-state index in [4.69, 9.17) is 5.11 Å². The molecular weight excluding hydrogens is 331 g/mol. The zero-order chi connectivity index (χ0) is 12.3. The van der Waals surface area contributed by atoms with Crippen molar-refractivity contribution in [3.05, 3.63) is 51.7 Å². The molecule has 17 heavy (non-hydrogen) atoms. The zero-order valence-corrected chi connectivity index (χ0v) is 10.9. The molecule has 0 spiro atoms. The lowest BCUT2D eigenvalue weighted by molar-refractivity contribution is 0.0696. The number of halogens is 1. The molecule has 1 aromatic carbocycles. The number of anilines is 2. The van der Waals surface area contributed by atoms with E-state index in [0.717, 1.165) is 9.26 Å². The Hall–Kier alpha value is -1.63. The summed E-state index contributed by atoms with van der Waals surface area (Å²) < 4.78 is 1.08. The highest BCUT2D eigenvalue weighted by molar-refractivity contribution is 14.1. The smallest absolute Gasteiger partial charge is 0.337 e. The number of nitrogens with zero attached hydrogens (tertiary/aromatic N) is 1. The molecule has 5 heteroatoms. The van der Waals surface area contributed by atoms with E-state index in [2.05, 4.69) is 32.9 Å². The number of hydrogen-bond donors (Lipinski definition) is 2. The van der Waals surface area contributed by atoms with Gasteiger partial charge in [-0.1, -0.05) is 12.1 Å². The van der Waals surface area contributed by atoms with Crippen molar-refractivity contribution in [3.8, 4) is 0 Å². The lowest BCUT2D eigenvalue weighted by atomic mass is 10.3. The van der Waals surface area contributed by atoms with Crippen LogP contribution in [0.2, 0.25) is 0 Å². The van der Waals surface area contributed by atoms with Crippen molar-refractivity contribution in [1.82, 2.24) is 4.98 Å². The second kappa shape index (κ2) is 5.13. The first-order chi connectivity index (χ1) is 8.16. The summed E-state index contributed by atoms with van der Waals surface area (Å²) in [5.41, 5.74) is 1.13. The van der Waals surface area contributed by atoms with Crippen LogP contribution in [0.25, 0.3) is 0 Å². The molecule has 0 radical (unpaired) electrons. The van der Waals surface area contributed by atoms with Crippen LogP contribution in [0.3, 0.4) is 0 Å². The molecule has 1 heterocycles. The van der Waals surface area contributed by atoms with Crippen LogP contribution in [0, 0.1) is 3.57 Å². The minimum atomic E-state index is -0.974. The molecule has 0 aliphatic carbocycles. The molecule has 4 nitrogen and oxygen atoms in total. The molecule has 0 aliphatic rings. The Morgan fingerprint density at radius 3 is 2.59 bits per heavy atom. The summed E-state index contributed by atoms with van der Waals surface area (Å²) in [5.74, 6) is -0.350. The van der Waals surface area contributed by atoms with Crippen molar-refractivity contribution in [1.29, 1.82) is 0 Å². The average molecular weight is 340 g/mol. The summed E-state index contributed by atoms with van der Waals surface area (Å²) >= 11 is 2.22. The summed E-state index contributed by atoms with van der Waals surface area (Å²) in [6.07, 6.45) is 1.33. The Balaban J connectivity index is 2.20. The van der Waals surface area contributed by atoms with E-state index >= 15 is 0 Å². The van der Waals surface area contributed by atoms with E-state index in [1.54, 1.807) is 6.07 Å². The van der Waals surface area contributed by atoms with Gasteiger partial charge in [0.1, 0.15) is 5.82 Å². The minimum absolute atomic E-state index is 0.179. The van der Waals surface area contributed by atoms with Crippen molar-refractivity contribution in [2.45, 2.75) is 0 Å². The summed E-state index contributed by atoms with van der Waals surface area (Å²) in [6.45, 7) is 0. The molecule has 0 amide bonds. The number of para-hydroxylation sites is 1. The molecular formula is C12H9IN2O2. The number of pyridine rings is 1. The second-order valence-electron chi connectivity index (χ2n) is 3.34. The molecule has 86 valence electrons. The van der Waals surface area contributed by atoms with E-state index in [1.807, 2.05) is 24.3 Å². The van der Waals surface area contributed by atoms with Gasteiger partial charge >= 0.3 is 5.97 Å². The third-order valence-electron chi connectivity index (χ3n) is 2.15. The van der Waals surface area contributed by atoms with Gasteiger partial charge in [0.2, 0.25) is 0 Å². The zero-order valence-electron chi connectivity index (χ0n) is 8.72. The number of rotatable bonds is 3. The fraction of sp³-hybridized carbons (Fsp3) is 0.